The number of nitrogens with zero attached hydrogens (tertiary/aromatic N) is 2. The van der Waals surface area contributed by atoms with Crippen LogP contribution in [-0.2, 0) is 11.3 Å². The zero-order valence-electron chi connectivity index (χ0n) is 17.6. The molecule has 0 saturated heterocycles. The second-order valence-corrected chi connectivity index (χ2v) is 8.20. The molecule has 1 N–H and O–H groups in total. The Hall–Kier alpha value is -3.02. The van der Waals surface area contributed by atoms with E-state index in [4.69, 9.17) is 27.9 Å². The molecule has 0 bridgehead atoms. The molecule has 1 aromatic heterocycles. The number of para-hydroxylation sites is 1. The van der Waals surface area contributed by atoms with E-state index >= 15 is 0 Å². The molecule has 32 heavy (non-hydrogen) atoms. The lowest BCUT2D eigenvalue weighted by atomic mass is 10.1. The first-order valence-corrected chi connectivity index (χ1v) is 11.2. The highest BCUT2D eigenvalue weighted by Gasteiger charge is 2.09. The molecule has 0 aliphatic rings. The largest absolute Gasteiger partial charge is 0.492 e. The molecule has 164 valence electrons. The number of benzene rings is 3. The number of fused-ring (bicyclic) bond motifs is 3. The molecule has 0 spiro atoms. The Kier molecular flexibility index (Phi) is 6.98. The van der Waals surface area contributed by atoms with Crippen LogP contribution in [0.25, 0.3) is 21.8 Å². The summed E-state index contributed by atoms with van der Waals surface area (Å²) in [5, 5.41) is 7.50. The minimum atomic E-state index is -0.171. The van der Waals surface area contributed by atoms with Gasteiger partial charge in [-0.3, -0.25) is 4.79 Å². The fraction of sp³-hybridized carbons (Fsp3) is 0.200. The van der Waals surface area contributed by atoms with Crippen molar-refractivity contribution in [3.05, 3.63) is 76.3 Å². The van der Waals surface area contributed by atoms with Crippen LogP contribution in [0.3, 0.4) is 0 Å². The van der Waals surface area contributed by atoms with Gasteiger partial charge >= 0.3 is 0 Å². The first-order chi connectivity index (χ1) is 15.6. The number of aryl methyl sites for hydroxylation is 1. The number of hydrogen-bond donors (Lipinski definition) is 1. The van der Waals surface area contributed by atoms with Crippen LogP contribution >= 0.6 is 23.2 Å². The van der Waals surface area contributed by atoms with Crippen molar-refractivity contribution in [3.8, 4) is 5.75 Å². The summed E-state index contributed by atoms with van der Waals surface area (Å²) >= 11 is 11.9. The Balaban J connectivity index is 1.32. The van der Waals surface area contributed by atoms with Gasteiger partial charge in [0.25, 0.3) is 0 Å². The first-order valence-electron chi connectivity index (χ1n) is 10.5. The van der Waals surface area contributed by atoms with Gasteiger partial charge in [-0.05, 0) is 55.3 Å². The quantitative estimate of drug-likeness (QED) is 0.184. The summed E-state index contributed by atoms with van der Waals surface area (Å²) in [6.45, 7) is 3.42. The number of hydrazone groups is 1. The third kappa shape index (κ3) is 4.90. The van der Waals surface area contributed by atoms with E-state index in [9.17, 15) is 4.79 Å². The monoisotopic (exact) mass is 467 g/mol. The Bertz CT molecular complexity index is 1300. The first kappa shape index (κ1) is 22.2. The van der Waals surface area contributed by atoms with Crippen LogP contribution in [0, 0.1) is 0 Å². The number of ether oxygens (including phenoxy) is 1. The third-order valence-corrected chi connectivity index (χ3v) is 5.75. The van der Waals surface area contributed by atoms with Gasteiger partial charge in [-0.1, -0.05) is 47.5 Å². The maximum absolute atomic E-state index is 12.1. The fourth-order valence-corrected chi connectivity index (χ4v) is 4.20. The lowest BCUT2D eigenvalue weighted by Gasteiger charge is -2.07. The molecule has 5 nitrogen and oxygen atoms in total. The normalized spacial score (nSPS) is 11.5. The van der Waals surface area contributed by atoms with Gasteiger partial charge in [0.1, 0.15) is 5.75 Å². The lowest BCUT2D eigenvalue weighted by molar-refractivity contribution is -0.121. The van der Waals surface area contributed by atoms with Crippen molar-refractivity contribution in [1.82, 2.24) is 9.99 Å². The number of carbonyl (C=O) groups excluding carboxylic acids is 1. The molecule has 1 heterocycles. The number of halogens is 2. The van der Waals surface area contributed by atoms with Crippen molar-refractivity contribution >= 4 is 57.1 Å². The number of rotatable bonds is 8. The molecule has 1 amide bonds. The zero-order chi connectivity index (χ0) is 22.5. The SMILES string of the molecule is CCn1c2ccccc2c2cc(C=NNC(=O)CCCOc3ccc(Cl)cc3Cl)ccc21. The average Bonchev–Trinajstić information content (AvgIpc) is 3.11. The van der Waals surface area contributed by atoms with E-state index in [1.165, 1.54) is 21.8 Å². The average molecular weight is 468 g/mol. The highest BCUT2D eigenvalue weighted by molar-refractivity contribution is 6.35. The van der Waals surface area contributed by atoms with E-state index in [2.05, 4.69) is 52.3 Å². The second-order valence-electron chi connectivity index (χ2n) is 7.36. The Morgan fingerprint density at radius 1 is 1.06 bits per heavy atom. The van der Waals surface area contributed by atoms with E-state index < -0.39 is 0 Å². The third-order valence-electron chi connectivity index (χ3n) is 5.22. The van der Waals surface area contributed by atoms with Gasteiger partial charge < -0.3 is 9.30 Å². The van der Waals surface area contributed by atoms with Crippen molar-refractivity contribution in [3.63, 3.8) is 0 Å². The maximum atomic E-state index is 12.1. The lowest BCUT2D eigenvalue weighted by Crippen LogP contribution is -2.18. The molecule has 0 radical (unpaired) electrons. The van der Waals surface area contributed by atoms with Gasteiger partial charge in [0.15, 0.2) is 0 Å². The summed E-state index contributed by atoms with van der Waals surface area (Å²) in [6, 6.07) is 19.6. The summed E-state index contributed by atoms with van der Waals surface area (Å²) in [7, 11) is 0. The van der Waals surface area contributed by atoms with Crippen LogP contribution in [-0.4, -0.2) is 23.3 Å². The van der Waals surface area contributed by atoms with E-state index in [-0.39, 0.29) is 5.91 Å². The Labute approximate surface area is 196 Å². The highest BCUT2D eigenvalue weighted by Crippen LogP contribution is 2.29. The summed E-state index contributed by atoms with van der Waals surface area (Å²) in [4.78, 5) is 12.1. The zero-order valence-corrected chi connectivity index (χ0v) is 19.2. The topological polar surface area (TPSA) is 55.6 Å². The van der Waals surface area contributed by atoms with Crippen LogP contribution < -0.4 is 10.2 Å². The van der Waals surface area contributed by atoms with Crippen LogP contribution in [0.5, 0.6) is 5.75 Å². The molecule has 4 rings (SSSR count). The molecular formula is C25H23Cl2N3O2. The standard InChI is InChI=1S/C25H23Cl2N3O2/c1-2-30-22-7-4-3-6-19(22)20-14-17(9-11-23(20)30)16-28-29-25(31)8-5-13-32-24-12-10-18(26)15-21(24)27/h3-4,6-7,9-12,14-16H,2,5,8,13H2,1H3,(H,29,31). The van der Waals surface area contributed by atoms with Crippen molar-refractivity contribution in [2.75, 3.05) is 6.61 Å². The summed E-state index contributed by atoms with van der Waals surface area (Å²) < 4.78 is 7.89. The smallest absolute Gasteiger partial charge is 0.240 e. The van der Waals surface area contributed by atoms with E-state index in [0.717, 1.165) is 12.1 Å². The van der Waals surface area contributed by atoms with Gasteiger partial charge in [-0.2, -0.15) is 5.10 Å². The number of nitrogens with one attached hydrogen (secondary N) is 1. The maximum Gasteiger partial charge on any atom is 0.240 e. The van der Waals surface area contributed by atoms with Gasteiger partial charge in [0.05, 0.1) is 17.8 Å². The molecule has 0 unspecified atom stereocenters. The van der Waals surface area contributed by atoms with Gasteiger partial charge in [-0.25, -0.2) is 5.43 Å². The molecule has 7 heteroatoms. The molecular weight excluding hydrogens is 445 g/mol. The molecule has 0 fully saturated rings. The van der Waals surface area contributed by atoms with E-state index in [1.54, 1.807) is 24.4 Å². The predicted molar refractivity (Wildman–Crippen MR) is 132 cm³/mol. The Morgan fingerprint density at radius 2 is 1.88 bits per heavy atom. The van der Waals surface area contributed by atoms with Crippen molar-refractivity contribution in [2.45, 2.75) is 26.3 Å². The number of aromatic nitrogens is 1. The van der Waals surface area contributed by atoms with Crippen LogP contribution in [0.2, 0.25) is 10.0 Å². The predicted octanol–water partition coefficient (Wildman–Crippen LogP) is 6.43. The van der Waals surface area contributed by atoms with Crippen molar-refractivity contribution in [1.29, 1.82) is 0 Å². The summed E-state index contributed by atoms with van der Waals surface area (Å²) in [6.07, 6.45) is 2.51. The molecule has 0 saturated carbocycles. The Morgan fingerprint density at radius 3 is 2.69 bits per heavy atom. The summed E-state index contributed by atoms with van der Waals surface area (Å²) in [5.74, 6) is 0.380. The minimum Gasteiger partial charge on any atom is -0.492 e. The van der Waals surface area contributed by atoms with E-state index in [0.29, 0.717) is 35.2 Å². The highest BCUT2D eigenvalue weighted by atomic mass is 35.5. The molecule has 0 aliphatic heterocycles. The number of hydrogen-bond acceptors (Lipinski definition) is 3. The van der Waals surface area contributed by atoms with Gasteiger partial charge in [0.2, 0.25) is 5.91 Å². The number of carbonyl (C=O) groups is 1. The van der Waals surface area contributed by atoms with Crippen LogP contribution in [0.1, 0.15) is 25.3 Å². The fourth-order valence-electron chi connectivity index (χ4n) is 3.73. The number of amides is 1. The van der Waals surface area contributed by atoms with Gasteiger partial charge in [-0.15, -0.1) is 0 Å². The molecule has 4 aromatic rings. The van der Waals surface area contributed by atoms with Crippen molar-refractivity contribution in [2.24, 2.45) is 5.10 Å². The van der Waals surface area contributed by atoms with Gasteiger partial charge in [0, 0.05) is 39.8 Å². The summed E-state index contributed by atoms with van der Waals surface area (Å²) in [5.41, 5.74) is 5.91. The molecule has 3 aromatic carbocycles. The van der Waals surface area contributed by atoms with Crippen LogP contribution in [0.4, 0.5) is 0 Å². The second kappa shape index (κ2) is 10.1. The molecule has 0 aliphatic carbocycles. The minimum absolute atomic E-state index is 0.171. The molecule has 0 atom stereocenters. The van der Waals surface area contributed by atoms with Crippen molar-refractivity contribution < 1.29 is 9.53 Å². The van der Waals surface area contributed by atoms with E-state index in [1.807, 2.05) is 12.1 Å². The van der Waals surface area contributed by atoms with Crippen LogP contribution in [0.15, 0.2) is 65.8 Å².